The van der Waals surface area contributed by atoms with Gasteiger partial charge in [-0.15, -0.1) is 17.9 Å². The molecule has 0 atom stereocenters. The molecule has 3 N–H and O–H groups in total. The normalized spacial score (nSPS) is 10.7. The summed E-state index contributed by atoms with van der Waals surface area (Å²) in [6.07, 6.45) is 0.820. The first-order valence-corrected chi connectivity index (χ1v) is 7.18. The quantitative estimate of drug-likeness (QED) is 0.283. The Morgan fingerprint density at radius 1 is 1.45 bits per heavy atom. The van der Waals surface area contributed by atoms with Crippen molar-refractivity contribution >= 4 is 27.3 Å². The van der Waals surface area contributed by atoms with Gasteiger partial charge in [-0.1, -0.05) is 23.8 Å². The molecule has 1 amide bonds. The Bertz CT molecular complexity index is 634. The summed E-state index contributed by atoms with van der Waals surface area (Å²) in [6.45, 7) is 6.81. The Kier molecular flexibility index (Phi) is 4.89. The lowest BCUT2D eigenvalue weighted by Gasteiger charge is -2.06. The van der Waals surface area contributed by atoms with Crippen molar-refractivity contribution in [3.8, 4) is 0 Å². The van der Waals surface area contributed by atoms with Crippen molar-refractivity contribution in [3.63, 3.8) is 0 Å². The monoisotopic (exact) mass is 290 g/mol. The van der Waals surface area contributed by atoms with Crippen LogP contribution in [-0.2, 0) is 11.3 Å². The minimum atomic E-state index is -0.273. The fraction of sp³-hybridized carbons (Fsp3) is 0.267. The summed E-state index contributed by atoms with van der Waals surface area (Å²) >= 11 is 1.43. The molecule has 1 aromatic heterocycles. The number of ether oxygens (including phenoxy) is 1. The number of amides is 1. The Labute approximate surface area is 122 Å². The van der Waals surface area contributed by atoms with E-state index in [9.17, 15) is 4.79 Å². The molecule has 0 saturated heterocycles. The van der Waals surface area contributed by atoms with Crippen LogP contribution in [0.25, 0.3) is 10.1 Å². The number of thiophene rings is 1. The summed E-state index contributed by atoms with van der Waals surface area (Å²) < 4.78 is 6.72. The Balaban J connectivity index is 2.24. The second-order valence-electron chi connectivity index (χ2n) is 4.64. The number of carbonyl (C=O) groups excluding carboxylic acids is 1. The van der Waals surface area contributed by atoms with Crippen LogP contribution in [0.2, 0.25) is 0 Å². The highest BCUT2D eigenvalue weighted by molar-refractivity contribution is 7.21. The van der Waals surface area contributed by atoms with Crippen LogP contribution in [0, 0.1) is 0 Å². The van der Waals surface area contributed by atoms with Gasteiger partial charge in [0.1, 0.15) is 0 Å². The summed E-state index contributed by atoms with van der Waals surface area (Å²) in [5.41, 5.74) is 4.17. The maximum absolute atomic E-state index is 11.8. The van der Waals surface area contributed by atoms with Crippen LogP contribution >= 0.6 is 11.3 Å². The van der Waals surface area contributed by atoms with Gasteiger partial charge in [0, 0.05) is 10.3 Å². The van der Waals surface area contributed by atoms with Crippen LogP contribution < -0.4 is 11.3 Å². The summed E-state index contributed by atoms with van der Waals surface area (Å²) in [5.74, 6) is 4.97. The first-order chi connectivity index (χ1) is 9.63. The number of nitrogens with one attached hydrogen (secondary N) is 1. The molecule has 0 aliphatic carbocycles. The van der Waals surface area contributed by atoms with Gasteiger partial charge in [0.2, 0.25) is 0 Å². The molecule has 0 saturated carbocycles. The molecule has 0 unspecified atom stereocenters. The van der Waals surface area contributed by atoms with Gasteiger partial charge in [-0.05, 0) is 24.8 Å². The summed E-state index contributed by atoms with van der Waals surface area (Å²) in [6, 6.07) is 7.90. The van der Waals surface area contributed by atoms with E-state index in [2.05, 4.69) is 12.0 Å². The number of hydrogen-bond acceptors (Lipinski definition) is 4. The highest BCUT2D eigenvalue weighted by atomic mass is 32.1. The van der Waals surface area contributed by atoms with Gasteiger partial charge in [0.15, 0.2) is 0 Å². The van der Waals surface area contributed by atoms with E-state index in [1.165, 1.54) is 11.3 Å². The van der Waals surface area contributed by atoms with Gasteiger partial charge >= 0.3 is 0 Å². The Morgan fingerprint density at radius 2 is 2.20 bits per heavy atom. The van der Waals surface area contributed by atoms with Crippen molar-refractivity contribution < 1.29 is 9.53 Å². The molecule has 0 aliphatic rings. The van der Waals surface area contributed by atoms with Crippen molar-refractivity contribution in [2.45, 2.75) is 20.0 Å². The molecule has 0 radical (unpaired) electrons. The summed E-state index contributed by atoms with van der Waals surface area (Å²) in [4.78, 5) is 12.5. The van der Waals surface area contributed by atoms with Gasteiger partial charge in [-0.3, -0.25) is 10.2 Å². The lowest BCUT2D eigenvalue weighted by Crippen LogP contribution is -2.30. The van der Waals surface area contributed by atoms with E-state index < -0.39 is 0 Å². The maximum atomic E-state index is 11.8. The SMILES string of the molecule is C=C(C)CCOCc1c(C(=O)NN)sc2ccccc12. The minimum absolute atomic E-state index is 0.273. The number of carbonyl (C=O) groups is 1. The molecule has 0 fully saturated rings. The molecule has 106 valence electrons. The number of hydrogen-bond donors (Lipinski definition) is 2. The molecular weight excluding hydrogens is 272 g/mol. The molecule has 2 rings (SSSR count). The third-order valence-corrected chi connectivity index (χ3v) is 4.17. The standard InChI is InChI=1S/C15H18N2O2S/c1-10(2)7-8-19-9-12-11-5-3-4-6-13(11)20-14(12)15(18)17-16/h3-6H,1,7-9,16H2,2H3,(H,17,18). The number of benzene rings is 1. The van der Waals surface area contributed by atoms with Crippen LogP contribution in [0.5, 0.6) is 0 Å². The van der Waals surface area contributed by atoms with Crippen LogP contribution in [0.1, 0.15) is 28.6 Å². The zero-order valence-electron chi connectivity index (χ0n) is 11.4. The van der Waals surface area contributed by atoms with Crippen LogP contribution in [-0.4, -0.2) is 12.5 Å². The predicted molar refractivity (Wildman–Crippen MR) is 82.6 cm³/mol. The van der Waals surface area contributed by atoms with Crippen LogP contribution in [0.4, 0.5) is 0 Å². The minimum Gasteiger partial charge on any atom is -0.376 e. The number of fused-ring (bicyclic) bond motifs is 1. The van der Waals surface area contributed by atoms with Crippen molar-refractivity contribution in [1.82, 2.24) is 5.43 Å². The smallest absolute Gasteiger partial charge is 0.275 e. The fourth-order valence-electron chi connectivity index (χ4n) is 1.91. The average Bonchev–Trinajstić information content (AvgIpc) is 2.81. The molecule has 1 aromatic carbocycles. The third kappa shape index (κ3) is 3.25. The first kappa shape index (κ1) is 14.7. The lowest BCUT2D eigenvalue weighted by atomic mass is 10.1. The fourth-order valence-corrected chi connectivity index (χ4v) is 3.02. The van der Waals surface area contributed by atoms with E-state index in [-0.39, 0.29) is 5.91 Å². The molecule has 4 nitrogen and oxygen atoms in total. The van der Waals surface area contributed by atoms with Gasteiger partial charge in [-0.25, -0.2) is 5.84 Å². The van der Waals surface area contributed by atoms with Crippen molar-refractivity contribution in [3.05, 3.63) is 46.9 Å². The number of rotatable bonds is 6. The number of hydrazine groups is 1. The molecule has 2 aromatic rings. The van der Waals surface area contributed by atoms with E-state index in [1.54, 1.807) is 0 Å². The van der Waals surface area contributed by atoms with Crippen molar-refractivity contribution in [2.75, 3.05) is 6.61 Å². The molecule has 0 aliphatic heterocycles. The Morgan fingerprint density at radius 3 is 2.90 bits per heavy atom. The van der Waals surface area contributed by atoms with Gasteiger partial charge < -0.3 is 4.74 Å². The summed E-state index contributed by atoms with van der Waals surface area (Å²) in [7, 11) is 0. The van der Waals surface area contributed by atoms with E-state index >= 15 is 0 Å². The first-order valence-electron chi connectivity index (χ1n) is 6.37. The van der Waals surface area contributed by atoms with Crippen molar-refractivity contribution in [1.29, 1.82) is 0 Å². The number of nitrogens with two attached hydrogens (primary N) is 1. The number of nitrogen functional groups attached to an aromatic ring is 1. The van der Waals surface area contributed by atoms with Gasteiger partial charge in [0.05, 0.1) is 18.1 Å². The molecule has 0 bridgehead atoms. The third-order valence-electron chi connectivity index (χ3n) is 2.96. The van der Waals surface area contributed by atoms with Gasteiger partial charge in [-0.2, -0.15) is 0 Å². The van der Waals surface area contributed by atoms with E-state index in [1.807, 2.05) is 31.2 Å². The zero-order valence-corrected chi connectivity index (χ0v) is 12.3. The Hall–Kier alpha value is -1.69. The second kappa shape index (κ2) is 6.65. The molecular formula is C15H18N2O2S. The molecule has 0 spiro atoms. The van der Waals surface area contributed by atoms with E-state index in [0.717, 1.165) is 27.6 Å². The largest absolute Gasteiger partial charge is 0.376 e. The maximum Gasteiger partial charge on any atom is 0.275 e. The second-order valence-corrected chi connectivity index (χ2v) is 5.69. The lowest BCUT2D eigenvalue weighted by molar-refractivity contribution is 0.0946. The molecule has 20 heavy (non-hydrogen) atoms. The average molecular weight is 290 g/mol. The van der Waals surface area contributed by atoms with Gasteiger partial charge in [0.25, 0.3) is 5.91 Å². The zero-order chi connectivity index (χ0) is 14.5. The molecule has 5 heteroatoms. The summed E-state index contributed by atoms with van der Waals surface area (Å²) in [5, 5.41) is 1.05. The van der Waals surface area contributed by atoms with Crippen LogP contribution in [0.3, 0.4) is 0 Å². The highest BCUT2D eigenvalue weighted by Gasteiger charge is 2.17. The highest BCUT2D eigenvalue weighted by Crippen LogP contribution is 2.31. The van der Waals surface area contributed by atoms with Crippen molar-refractivity contribution in [2.24, 2.45) is 5.84 Å². The van der Waals surface area contributed by atoms with E-state index in [0.29, 0.717) is 18.1 Å². The van der Waals surface area contributed by atoms with E-state index in [4.69, 9.17) is 10.6 Å². The predicted octanol–water partition coefficient (Wildman–Crippen LogP) is 2.99. The van der Waals surface area contributed by atoms with Crippen LogP contribution in [0.15, 0.2) is 36.4 Å². The molecule has 1 heterocycles. The topological polar surface area (TPSA) is 64.3 Å².